The highest BCUT2D eigenvalue weighted by molar-refractivity contribution is 5.84. The third kappa shape index (κ3) is 4.72. The van der Waals surface area contributed by atoms with Crippen LogP contribution in [-0.4, -0.2) is 40.3 Å². The zero-order valence-electron chi connectivity index (χ0n) is 16.6. The number of benzene rings is 1. The van der Waals surface area contributed by atoms with Crippen LogP contribution >= 0.6 is 0 Å². The minimum atomic E-state index is -0.261. The van der Waals surface area contributed by atoms with Gasteiger partial charge in [-0.3, -0.25) is 9.48 Å². The molecule has 1 aliphatic rings. The van der Waals surface area contributed by atoms with E-state index in [1.54, 1.807) is 16.9 Å². The lowest BCUT2D eigenvalue weighted by Gasteiger charge is -2.33. The first-order chi connectivity index (χ1) is 14.1. The van der Waals surface area contributed by atoms with Crippen molar-refractivity contribution in [2.75, 3.05) is 24.5 Å². The molecule has 7 heteroatoms. The summed E-state index contributed by atoms with van der Waals surface area (Å²) in [6, 6.07) is 8.70. The number of aryl methyl sites for hydroxylation is 2. The summed E-state index contributed by atoms with van der Waals surface area (Å²) in [5.74, 6) is 1.18. The van der Waals surface area contributed by atoms with E-state index >= 15 is 0 Å². The fourth-order valence-corrected chi connectivity index (χ4v) is 3.88. The Morgan fingerprint density at radius 1 is 1.28 bits per heavy atom. The van der Waals surface area contributed by atoms with Crippen molar-refractivity contribution in [2.45, 2.75) is 32.7 Å². The topological polar surface area (TPSA) is 63.1 Å². The van der Waals surface area contributed by atoms with Crippen molar-refractivity contribution in [1.82, 2.24) is 20.1 Å². The van der Waals surface area contributed by atoms with Crippen molar-refractivity contribution in [1.29, 1.82) is 0 Å². The van der Waals surface area contributed by atoms with Gasteiger partial charge in [-0.05, 0) is 55.5 Å². The minimum absolute atomic E-state index is 0.0665. The summed E-state index contributed by atoms with van der Waals surface area (Å²) in [4.78, 5) is 19.0. The number of anilines is 1. The van der Waals surface area contributed by atoms with E-state index in [-0.39, 0.29) is 11.7 Å². The van der Waals surface area contributed by atoms with Crippen LogP contribution in [0.3, 0.4) is 0 Å². The third-order valence-corrected chi connectivity index (χ3v) is 5.62. The Morgan fingerprint density at radius 3 is 2.86 bits per heavy atom. The van der Waals surface area contributed by atoms with Gasteiger partial charge in [0.1, 0.15) is 11.6 Å². The van der Waals surface area contributed by atoms with Crippen molar-refractivity contribution < 1.29 is 9.18 Å². The van der Waals surface area contributed by atoms with Crippen LogP contribution < -0.4 is 10.2 Å². The summed E-state index contributed by atoms with van der Waals surface area (Å²) in [6.45, 7) is 5.13. The van der Waals surface area contributed by atoms with Gasteiger partial charge in [0.15, 0.2) is 0 Å². The standard InChI is InChI=1S/C22H26FN5O/c1-16-13-21(26-20-14-18(23)3-4-19(16)20)27-10-5-17(6-11-27)15-24-22(29)7-12-28-9-2-8-25-28/h2-4,8-9,13-14,17H,5-7,10-12,15H2,1H3,(H,24,29). The maximum atomic E-state index is 13.6. The van der Waals surface area contributed by atoms with Crippen LogP contribution in [0.2, 0.25) is 0 Å². The highest BCUT2D eigenvalue weighted by Gasteiger charge is 2.21. The first-order valence-corrected chi connectivity index (χ1v) is 10.1. The normalized spacial score (nSPS) is 15.0. The molecule has 3 heterocycles. The number of nitrogens with one attached hydrogen (secondary N) is 1. The number of carbonyl (C=O) groups excluding carboxylic acids is 1. The molecule has 1 saturated heterocycles. The maximum absolute atomic E-state index is 13.6. The number of piperidine rings is 1. The molecule has 1 fully saturated rings. The summed E-state index contributed by atoms with van der Waals surface area (Å²) in [7, 11) is 0. The van der Waals surface area contributed by atoms with Gasteiger partial charge in [0.2, 0.25) is 5.91 Å². The van der Waals surface area contributed by atoms with Gasteiger partial charge >= 0.3 is 0 Å². The number of fused-ring (bicyclic) bond motifs is 1. The number of pyridine rings is 1. The number of carbonyl (C=O) groups is 1. The number of rotatable bonds is 6. The van der Waals surface area contributed by atoms with Gasteiger partial charge in [-0.1, -0.05) is 0 Å². The summed E-state index contributed by atoms with van der Waals surface area (Å²) < 4.78 is 15.4. The molecule has 0 unspecified atom stereocenters. The Labute approximate surface area is 169 Å². The number of nitrogens with zero attached hydrogens (tertiary/aromatic N) is 4. The van der Waals surface area contributed by atoms with Gasteiger partial charge in [-0.15, -0.1) is 0 Å². The molecule has 1 N–H and O–H groups in total. The van der Waals surface area contributed by atoms with E-state index in [1.807, 2.05) is 19.2 Å². The molecule has 1 aromatic carbocycles. The summed E-state index contributed by atoms with van der Waals surface area (Å²) in [5, 5.41) is 8.15. The molecule has 0 atom stereocenters. The lowest BCUT2D eigenvalue weighted by molar-refractivity contribution is -0.121. The molecular weight excluding hydrogens is 369 g/mol. The molecule has 29 heavy (non-hydrogen) atoms. The Balaban J connectivity index is 1.28. The average Bonchev–Trinajstić information content (AvgIpc) is 3.24. The number of hydrogen-bond donors (Lipinski definition) is 1. The van der Waals surface area contributed by atoms with Crippen molar-refractivity contribution in [2.24, 2.45) is 5.92 Å². The predicted octanol–water partition coefficient (Wildman–Crippen LogP) is 3.30. The zero-order chi connectivity index (χ0) is 20.2. The predicted molar refractivity (Wildman–Crippen MR) is 111 cm³/mol. The SMILES string of the molecule is Cc1cc(N2CCC(CNC(=O)CCn3cccn3)CC2)nc2cc(F)ccc12. The molecule has 0 aliphatic carbocycles. The van der Waals surface area contributed by atoms with E-state index in [2.05, 4.69) is 26.4 Å². The van der Waals surface area contributed by atoms with E-state index in [4.69, 9.17) is 0 Å². The summed E-state index contributed by atoms with van der Waals surface area (Å²) >= 11 is 0. The number of amides is 1. The van der Waals surface area contributed by atoms with E-state index < -0.39 is 0 Å². The van der Waals surface area contributed by atoms with Gasteiger partial charge in [0, 0.05) is 56.4 Å². The van der Waals surface area contributed by atoms with Gasteiger partial charge in [0.25, 0.3) is 0 Å². The average molecular weight is 395 g/mol. The minimum Gasteiger partial charge on any atom is -0.357 e. The van der Waals surface area contributed by atoms with Crippen molar-refractivity contribution in [3.63, 3.8) is 0 Å². The second-order valence-electron chi connectivity index (χ2n) is 7.71. The Hall–Kier alpha value is -2.96. The number of aromatic nitrogens is 3. The van der Waals surface area contributed by atoms with Gasteiger partial charge in [0.05, 0.1) is 5.52 Å². The fraction of sp³-hybridized carbons (Fsp3) is 0.409. The molecule has 3 aromatic rings. The molecule has 0 spiro atoms. The molecule has 152 valence electrons. The molecule has 0 radical (unpaired) electrons. The van der Waals surface area contributed by atoms with Crippen molar-refractivity contribution >= 4 is 22.6 Å². The lowest BCUT2D eigenvalue weighted by atomic mass is 9.96. The van der Waals surface area contributed by atoms with Gasteiger partial charge < -0.3 is 10.2 Å². The van der Waals surface area contributed by atoms with Crippen LogP contribution in [0.5, 0.6) is 0 Å². The van der Waals surface area contributed by atoms with Crippen molar-refractivity contribution in [3.05, 3.63) is 54.1 Å². The quantitative estimate of drug-likeness (QED) is 0.696. The maximum Gasteiger partial charge on any atom is 0.221 e. The number of halogens is 1. The van der Waals surface area contributed by atoms with Crippen LogP contribution in [0.4, 0.5) is 10.2 Å². The molecule has 1 aliphatic heterocycles. The molecule has 4 rings (SSSR count). The zero-order valence-corrected chi connectivity index (χ0v) is 16.6. The molecule has 2 aromatic heterocycles. The van der Waals surface area contributed by atoms with Crippen LogP contribution in [0.25, 0.3) is 10.9 Å². The second-order valence-corrected chi connectivity index (χ2v) is 7.71. The van der Waals surface area contributed by atoms with Crippen LogP contribution in [0.15, 0.2) is 42.7 Å². The summed E-state index contributed by atoms with van der Waals surface area (Å²) in [6.07, 6.45) is 6.02. The van der Waals surface area contributed by atoms with Crippen LogP contribution in [-0.2, 0) is 11.3 Å². The smallest absolute Gasteiger partial charge is 0.221 e. The highest BCUT2D eigenvalue weighted by atomic mass is 19.1. The fourth-order valence-electron chi connectivity index (χ4n) is 3.88. The molecule has 1 amide bonds. The van der Waals surface area contributed by atoms with Gasteiger partial charge in [-0.25, -0.2) is 9.37 Å². The Morgan fingerprint density at radius 2 is 2.10 bits per heavy atom. The van der Waals surface area contributed by atoms with E-state index in [9.17, 15) is 9.18 Å². The van der Waals surface area contributed by atoms with E-state index in [1.165, 1.54) is 12.1 Å². The van der Waals surface area contributed by atoms with Crippen molar-refractivity contribution in [3.8, 4) is 0 Å². The largest absolute Gasteiger partial charge is 0.357 e. The molecule has 0 saturated carbocycles. The van der Waals surface area contributed by atoms with E-state index in [0.29, 0.717) is 30.9 Å². The Kier molecular flexibility index (Phi) is 5.74. The number of hydrogen-bond acceptors (Lipinski definition) is 4. The highest BCUT2D eigenvalue weighted by Crippen LogP contribution is 2.26. The molecule has 6 nitrogen and oxygen atoms in total. The molecular formula is C22H26FN5O. The third-order valence-electron chi connectivity index (χ3n) is 5.62. The molecule has 0 bridgehead atoms. The summed E-state index contributed by atoms with van der Waals surface area (Å²) in [5.41, 5.74) is 1.81. The second kappa shape index (κ2) is 8.59. The van der Waals surface area contributed by atoms with Crippen LogP contribution in [0.1, 0.15) is 24.8 Å². The van der Waals surface area contributed by atoms with Crippen LogP contribution in [0, 0.1) is 18.7 Å². The van der Waals surface area contributed by atoms with Gasteiger partial charge in [-0.2, -0.15) is 5.10 Å². The first-order valence-electron chi connectivity index (χ1n) is 10.1. The monoisotopic (exact) mass is 395 g/mol. The first kappa shape index (κ1) is 19.4. The lowest BCUT2D eigenvalue weighted by Crippen LogP contribution is -2.39. The Bertz CT molecular complexity index is 980. The van der Waals surface area contributed by atoms with E-state index in [0.717, 1.165) is 42.7 Å².